The Kier molecular flexibility index (Phi) is 4.13. The molecule has 1 unspecified atom stereocenters. The highest BCUT2D eigenvalue weighted by Gasteiger charge is 2.11. The van der Waals surface area contributed by atoms with Crippen LogP contribution >= 0.6 is 11.8 Å². The molecular weight excluding hydrogens is 216 g/mol. The van der Waals surface area contributed by atoms with Crippen molar-refractivity contribution in [3.05, 3.63) is 29.8 Å². The molecule has 0 saturated carbocycles. The van der Waals surface area contributed by atoms with E-state index in [2.05, 4.69) is 53.2 Å². The summed E-state index contributed by atoms with van der Waals surface area (Å²) in [6.07, 6.45) is 0. The third-order valence-corrected chi connectivity index (χ3v) is 4.14. The van der Waals surface area contributed by atoms with Crippen molar-refractivity contribution in [2.24, 2.45) is 0 Å². The Bertz CT molecular complexity index is 317. The Hall–Kier alpha value is -0.670. The lowest BCUT2D eigenvalue weighted by Crippen LogP contribution is -2.32. The van der Waals surface area contributed by atoms with Gasteiger partial charge in [0.2, 0.25) is 0 Å². The van der Waals surface area contributed by atoms with E-state index in [0.717, 1.165) is 0 Å². The second kappa shape index (κ2) is 5.60. The minimum Gasteiger partial charge on any atom is -0.370 e. The Morgan fingerprint density at radius 3 is 2.38 bits per heavy atom. The van der Waals surface area contributed by atoms with Gasteiger partial charge in [0.15, 0.2) is 0 Å². The Labute approximate surface area is 102 Å². The normalized spacial score (nSPS) is 18.5. The number of anilines is 1. The standard InChI is InChI=1S/C13H20N2S/c1-11(14-2)12-3-5-13(6-4-12)15-7-9-16-10-8-15/h3-6,11,14H,7-10H2,1-2H3. The molecule has 3 heteroatoms. The maximum absolute atomic E-state index is 3.26. The second-order valence-electron chi connectivity index (χ2n) is 4.20. The molecule has 1 atom stereocenters. The molecule has 0 aromatic heterocycles. The SMILES string of the molecule is CNC(C)c1ccc(N2CCSCC2)cc1. The molecule has 2 rings (SSSR count). The molecule has 16 heavy (non-hydrogen) atoms. The fourth-order valence-electron chi connectivity index (χ4n) is 1.96. The fraction of sp³-hybridized carbons (Fsp3) is 0.538. The van der Waals surface area contributed by atoms with Gasteiger partial charge < -0.3 is 10.2 Å². The first kappa shape index (κ1) is 11.8. The van der Waals surface area contributed by atoms with E-state index in [9.17, 15) is 0 Å². The minimum absolute atomic E-state index is 0.436. The van der Waals surface area contributed by atoms with E-state index in [-0.39, 0.29) is 0 Å². The van der Waals surface area contributed by atoms with Crippen molar-refractivity contribution < 1.29 is 0 Å². The lowest BCUT2D eigenvalue weighted by molar-refractivity contribution is 0.652. The molecular formula is C13H20N2S. The number of hydrogen-bond acceptors (Lipinski definition) is 3. The zero-order valence-electron chi connectivity index (χ0n) is 10.1. The van der Waals surface area contributed by atoms with Crippen LogP contribution in [0.4, 0.5) is 5.69 Å². The monoisotopic (exact) mass is 236 g/mol. The van der Waals surface area contributed by atoms with Crippen LogP contribution in [0.2, 0.25) is 0 Å². The summed E-state index contributed by atoms with van der Waals surface area (Å²) in [5, 5.41) is 3.26. The number of benzene rings is 1. The van der Waals surface area contributed by atoms with Crippen LogP contribution in [0.1, 0.15) is 18.5 Å². The van der Waals surface area contributed by atoms with Crippen molar-refractivity contribution in [1.29, 1.82) is 0 Å². The highest BCUT2D eigenvalue weighted by atomic mass is 32.2. The number of thioether (sulfide) groups is 1. The van der Waals surface area contributed by atoms with Gasteiger partial charge in [0.25, 0.3) is 0 Å². The van der Waals surface area contributed by atoms with E-state index in [1.807, 2.05) is 7.05 Å². The van der Waals surface area contributed by atoms with Crippen LogP contribution in [-0.4, -0.2) is 31.6 Å². The summed E-state index contributed by atoms with van der Waals surface area (Å²) in [7, 11) is 2.00. The van der Waals surface area contributed by atoms with Crippen molar-refractivity contribution in [3.8, 4) is 0 Å². The predicted octanol–water partition coefficient (Wildman–Crippen LogP) is 2.52. The van der Waals surface area contributed by atoms with Gasteiger partial charge in [0.1, 0.15) is 0 Å². The molecule has 0 aliphatic carbocycles. The summed E-state index contributed by atoms with van der Waals surface area (Å²) >= 11 is 2.05. The summed E-state index contributed by atoms with van der Waals surface area (Å²) in [4.78, 5) is 2.48. The van der Waals surface area contributed by atoms with Crippen LogP contribution in [0.5, 0.6) is 0 Å². The molecule has 1 aliphatic rings. The van der Waals surface area contributed by atoms with Crippen molar-refractivity contribution in [2.75, 3.05) is 36.5 Å². The van der Waals surface area contributed by atoms with E-state index in [1.165, 1.54) is 35.8 Å². The number of rotatable bonds is 3. The molecule has 1 aliphatic heterocycles. The van der Waals surface area contributed by atoms with Crippen molar-refractivity contribution in [1.82, 2.24) is 5.32 Å². The van der Waals surface area contributed by atoms with E-state index in [4.69, 9.17) is 0 Å². The van der Waals surface area contributed by atoms with Gasteiger partial charge in [-0.2, -0.15) is 11.8 Å². The quantitative estimate of drug-likeness (QED) is 0.868. The van der Waals surface area contributed by atoms with Crippen LogP contribution in [0.3, 0.4) is 0 Å². The van der Waals surface area contributed by atoms with Gasteiger partial charge in [-0.05, 0) is 31.7 Å². The van der Waals surface area contributed by atoms with Crippen molar-refractivity contribution in [2.45, 2.75) is 13.0 Å². The first-order valence-corrected chi connectivity index (χ1v) is 7.06. The lowest BCUT2D eigenvalue weighted by atomic mass is 10.1. The molecule has 0 bridgehead atoms. The van der Waals surface area contributed by atoms with Crippen LogP contribution in [-0.2, 0) is 0 Å². The van der Waals surface area contributed by atoms with Gasteiger partial charge in [0, 0.05) is 36.3 Å². The van der Waals surface area contributed by atoms with Gasteiger partial charge in [-0.25, -0.2) is 0 Å². The van der Waals surface area contributed by atoms with E-state index < -0.39 is 0 Å². The third-order valence-electron chi connectivity index (χ3n) is 3.20. The number of nitrogens with zero attached hydrogens (tertiary/aromatic N) is 1. The fourth-order valence-corrected chi connectivity index (χ4v) is 2.87. The van der Waals surface area contributed by atoms with Crippen LogP contribution in [0, 0.1) is 0 Å². The number of nitrogens with one attached hydrogen (secondary N) is 1. The first-order chi connectivity index (χ1) is 7.81. The maximum atomic E-state index is 3.26. The van der Waals surface area contributed by atoms with Crippen LogP contribution in [0.15, 0.2) is 24.3 Å². The largest absolute Gasteiger partial charge is 0.370 e. The van der Waals surface area contributed by atoms with Crippen molar-refractivity contribution in [3.63, 3.8) is 0 Å². The number of hydrogen-bond donors (Lipinski definition) is 1. The van der Waals surface area contributed by atoms with Gasteiger partial charge in [0.05, 0.1) is 0 Å². The summed E-state index contributed by atoms with van der Waals surface area (Å²) in [6.45, 7) is 4.56. The highest BCUT2D eigenvalue weighted by Crippen LogP contribution is 2.21. The zero-order chi connectivity index (χ0) is 11.4. The topological polar surface area (TPSA) is 15.3 Å². The van der Waals surface area contributed by atoms with E-state index in [0.29, 0.717) is 6.04 Å². The van der Waals surface area contributed by atoms with Crippen LogP contribution in [0.25, 0.3) is 0 Å². The summed E-state index contributed by atoms with van der Waals surface area (Å²) < 4.78 is 0. The van der Waals surface area contributed by atoms with Crippen LogP contribution < -0.4 is 10.2 Å². The zero-order valence-corrected chi connectivity index (χ0v) is 10.9. The molecule has 2 nitrogen and oxygen atoms in total. The average molecular weight is 236 g/mol. The average Bonchev–Trinajstić information content (AvgIpc) is 2.39. The van der Waals surface area contributed by atoms with Gasteiger partial charge in [-0.15, -0.1) is 0 Å². The molecule has 0 amide bonds. The molecule has 0 spiro atoms. The summed E-state index contributed by atoms with van der Waals surface area (Å²) in [5.74, 6) is 2.52. The second-order valence-corrected chi connectivity index (χ2v) is 5.43. The Balaban J connectivity index is 2.06. The van der Waals surface area contributed by atoms with Gasteiger partial charge >= 0.3 is 0 Å². The van der Waals surface area contributed by atoms with E-state index >= 15 is 0 Å². The summed E-state index contributed by atoms with van der Waals surface area (Å²) in [6, 6.07) is 9.40. The van der Waals surface area contributed by atoms with Gasteiger partial charge in [-0.1, -0.05) is 12.1 Å². The van der Waals surface area contributed by atoms with Gasteiger partial charge in [-0.3, -0.25) is 0 Å². The van der Waals surface area contributed by atoms with Crippen molar-refractivity contribution >= 4 is 17.4 Å². The minimum atomic E-state index is 0.436. The molecule has 88 valence electrons. The first-order valence-electron chi connectivity index (χ1n) is 5.91. The Morgan fingerprint density at radius 1 is 1.19 bits per heavy atom. The molecule has 1 heterocycles. The van der Waals surface area contributed by atoms with E-state index in [1.54, 1.807) is 0 Å². The predicted molar refractivity (Wildman–Crippen MR) is 73.5 cm³/mol. The highest BCUT2D eigenvalue weighted by molar-refractivity contribution is 7.99. The molecule has 0 radical (unpaired) electrons. The smallest absolute Gasteiger partial charge is 0.0366 e. The molecule has 1 fully saturated rings. The molecule has 1 aromatic carbocycles. The maximum Gasteiger partial charge on any atom is 0.0366 e. The third kappa shape index (κ3) is 2.71. The Morgan fingerprint density at radius 2 is 1.81 bits per heavy atom. The molecule has 1 aromatic rings. The summed E-state index contributed by atoms with van der Waals surface area (Å²) in [5.41, 5.74) is 2.73. The molecule has 1 saturated heterocycles. The lowest BCUT2D eigenvalue weighted by Gasteiger charge is -2.28. The molecule has 1 N–H and O–H groups in total.